The number of carbonyl (C=O) groups is 1. The minimum absolute atomic E-state index is 0.115. The van der Waals surface area contributed by atoms with E-state index in [1.54, 1.807) is 0 Å². The molecule has 0 saturated carbocycles. The highest BCUT2D eigenvalue weighted by Gasteiger charge is 2.51. The molecule has 2 rings (SSSR count). The first-order valence-electron chi connectivity index (χ1n) is 5.22. The predicted octanol–water partition coefficient (Wildman–Crippen LogP) is 4.09. The van der Waals surface area contributed by atoms with E-state index in [1.165, 1.54) is 19.1 Å². The van der Waals surface area contributed by atoms with Crippen molar-refractivity contribution in [3.63, 3.8) is 0 Å². The Labute approximate surface area is 124 Å². The van der Waals surface area contributed by atoms with Crippen LogP contribution in [0.15, 0.2) is 22.7 Å². The number of halogens is 3. The molecule has 0 aliphatic heterocycles. The lowest BCUT2D eigenvalue weighted by atomic mass is 10.1. The molecule has 108 valence electrons. The quantitative estimate of drug-likeness (QED) is 0.617. The first-order chi connectivity index (χ1) is 9.04. The summed E-state index contributed by atoms with van der Waals surface area (Å²) < 4.78 is 38.9. The zero-order chi connectivity index (χ0) is 15.3. The van der Waals surface area contributed by atoms with Crippen LogP contribution in [0.1, 0.15) is 22.2 Å². The maximum absolute atomic E-state index is 13.8. The van der Waals surface area contributed by atoms with Gasteiger partial charge in [-0.2, -0.15) is 8.78 Å². The summed E-state index contributed by atoms with van der Waals surface area (Å²) in [6, 6.07) is 3.74. The Morgan fingerprint density at radius 2 is 1.95 bits per heavy atom. The third-order valence-corrected chi connectivity index (χ3v) is 5.47. The second-order valence-electron chi connectivity index (χ2n) is 4.12. The van der Waals surface area contributed by atoms with Gasteiger partial charge in [-0.15, -0.1) is 11.3 Å². The van der Waals surface area contributed by atoms with E-state index in [-0.39, 0.29) is 10.3 Å². The standard InChI is InChI=1S/C11H8BrF2O4PS/c1-5(15)9-3-6-2-7(8(12)4-10(6)20-9)11(13,14)19(16,17)18/h2-4H,1H3,(H2,16,17,18). The normalized spacial score (nSPS) is 12.9. The highest BCUT2D eigenvalue weighted by molar-refractivity contribution is 9.10. The van der Waals surface area contributed by atoms with Crippen molar-refractivity contribution in [1.29, 1.82) is 0 Å². The number of rotatable bonds is 3. The van der Waals surface area contributed by atoms with Crippen LogP contribution in [0.25, 0.3) is 10.1 Å². The van der Waals surface area contributed by atoms with Gasteiger partial charge in [0.2, 0.25) is 0 Å². The Morgan fingerprint density at radius 3 is 2.45 bits per heavy atom. The average molecular weight is 385 g/mol. The van der Waals surface area contributed by atoms with Gasteiger partial charge in [-0.3, -0.25) is 9.36 Å². The molecular formula is C11H8BrF2O4PS. The summed E-state index contributed by atoms with van der Waals surface area (Å²) in [6.07, 6.45) is 0. The fourth-order valence-electron chi connectivity index (χ4n) is 1.62. The summed E-state index contributed by atoms with van der Waals surface area (Å²) in [5.41, 5.74) is -5.09. The first-order valence-corrected chi connectivity index (χ1v) is 8.44. The van der Waals surface area contributed by atoms with Gasteiger partial charge in [0.25, 0.3) is 0 Å². The molecule has 1 aromatic heterocycles. The molecule has 0 amide bonds. The number of benzene rings is 1. The minimum atomic E-state index is -5.63. The molecule has 0 aliphatic carbocycles. The Kier molecular flexibility index (Phi) is 3.90. The van der Waals surface area contributed by atoms with Gasteiger partial charge in [-0.1, -0.05) is 15.9 Å². The van der Waals surface area contributed by atoms with E-state index < -0.39 is 18.8 Å². The summed E-state index contributed by atoms with van der Waals surface area (Å²) in [5.74, 6) is -0.203. The van der Waals surface area contributed by atoms with Gasteiger partial charge in [0.05, 0.1) is 4.88 Å². The molecule has 1 heterocycles. The van der Waals surface area contributed by atoms with Crippen molar-refractivity contribution in [2.75, 3.05) is 0 Å². The lowest BCUT2D eigenvalue weighted by molar-refractivity contribution is 0.0559. The maximum Gasteiger partial charge on any atom is 0.399 e. The number of alkyl halides is 2. The van der Waals surface area contributed by atoms with E-state index in [9.17, 15) is 18.1 Å². The number of thiophene rings is 1. The first kappa shape index (κ1) is 15.7. The van der Waals surface area contributed by atoms with Crippen LogP contribution in [0.5, 0.6) is 0 Å². The fraction of sp³-hybridized carbons (Fsp3) is 0.182. The topological polar surface area (TPSA) is 74.6 Å². The number of hydrogen-bond acceptors (Lipinski definition) is 3. The molecule has 0 radical (unpaired) electrons. The van der Waals surface area contributed by atoms with Crippen molar-refractivity contribution in [2.45, 2.75) is 12.6 Å². The SMILES string of the molecule is CC(=O)c1cc2cc(C(F)(F)P(=O)(O)O)c(Br)cc2s1. The minimum Gasteiger partial charge on any atom is -0.320 e. The zero-order valence-corrected chi connectivity index (χ0v) is 13.2. The van der Waals surface area contributed by atoms with Crippen LogP contribution >= 0.6 is 34.9 Å². The van der Waals surface area contributed by atoms with Crippen molar-refractivity contribution in [3.8, 4) is 0 Å². The molecule has 0 unspecified atom stereocenters. The number of ketones is 1. The van der Waals surface area contributed by atoms with Crippen LogP contribution in [0.3, 0.4) is 0 Å². The smallest absolute Gasteiger partial charge is 0.320 e. The van der Waals surface area contributed by atoms with Gasteiger partial charge >= 0.3 is 13.3 Å². The lowest BCUT2D eigenvalue weighted by Gasteiger charge is -2.19. The van der Waals surface area contributed by atoms with E-state index in [2.05, 4.69) is 15.9 Å². The largest absolute Gasteiger partial charge is 0.399 e. The second-order valence-corrected chi connectivity index (χ2v) is 7.71. The van der Waals surface area contributed by atoms with Crippen molar-refractivity contribution >= 4 is 50.7 Å². The van der Waals surface area contributed by atoms with Crippen LogP contribution < -0.4 is 0 Å². The van der Waals surface area contributed by atoms with Gasteiger partial charge in [-0.25, -0.2) is 0 Å². The van der Waals surface area contributed by atoms with Crippen molar-refractivity contribution in [2.24, 2.45) is 0 Å². The molecule has 1 aromatic carbocycles. The molecule has 20 heavy (non-hydrogen) atoms. The number of Topliss-reactive ketones (excluding diaryl/α,β-unsaturated/α-hetero) is 1. The summed E-state index contributed by atoms with van der Waals surface area (Å²) in [5, 5.41) is 0.339. The molecule has 0 saturated heterocycles. The van der Waals surface area contributed by atoms with Crippen LogP contribution in [0.2, 0.25) is 0 Å². The van der Waals surface area contributed by atoms with Crippen LogP contribution in [0.4, 0.5) is 8.78 Å². The van der Waals surface area contributed by atoms with Gasteiger partial charge in [0, 0.05) is 14.7 Å². The van der Waals surface area contributed by atoms with Gasteiger partial charge in [-0.05, 0) is 30.5 Å². The van der Waals surface area contributed by atoms with Crippen LogP contribution in [-0.2, 0) is 10.2 Å². The average Bonchev–Trinajstić information content (AvgIpc) is 2.68. The summed E-state index contributed by atoms with van der Waals surface area (Å²) in [4.78, 5) is 29.2. The molecule has 2 aromatic rings. The third-order valence-electron chi connectivity index (χ3n) is 2.64. The summed E-state index contributed by atoms with van der Waals surface area (Å²) in [7, 11) is -5.63. The van der Waals surface area contributed by atoms with E-state index >= 15 is 0 Å². The van der Waals surface area contributed by atoms with Gasteiger partial charge in [0.15, 0.2) is 5.78 Å². The second kappa shape index (κ2) is 4.96. The van der Waals surface area contributed by atoms with Crippen LogP contribution in [-0.4, -0.2) is 15.6 Å². The summed E-state index contributed by atoms with van der Waals surface area (Å²) in [6.45, 7) is 1.35. The Hall–Kier alpha value is -0.660. The summed E-state index contributed by atoms with van der Waals surface area (Å²) >= 11 is 4.02. The number of carbonyl (C=O) groups excluding carboxylic acids is 1. The van der Waals surface area contributed by atoms with Crippen molar-refractivity contribution < 1.29 is 27.9 Å². The highest BCUT2D eigenvalue weighted by atomic mass is 79.9. The zero-order valence-electron chi connectivity index (χ0n) is 9.93. The van der Waals surface area contributed by atoms with E-state index in [1.807, 2.05) is 0 Å². The van der Waals surface area contributed by atoms with E-state index in [4.69, 9.17) is 9.79 Å². The van der Waals surface area contributed by atoms with Crippen molar-refractivity contribution in [3.05, 3.63) is 33.1 Å². The molecule has 0 aliphatic rings. The van der Waals surface area contributed by atoms with E-state index in [0.717, 1.165) is 17.4 Å². The monoisotopic (exact) mass is 384 g/mol. The van der Waals surface area contributed by atoms with E-state index in [0.29, 0.717) is 15.0 Å². The highest BCUT2D eigenvalue weighted by Crippen LogP contribution is 2.60. The molecule has 0 bridgehead atoms. The fourth-order valence-corrected chi connectivity index (χ4v) is 4.00. The van der Waals surface area contributed by atoms with Gasteiger partial charge in [0.1, 0.15) is 0 Å². The molecule has 2 N–H and O–H groups in total. The lowest BCUT2D eigenvalue weighted by Crippen LogP contribution is -2.14. The number of fused-ring (bicyclic) bond motifs is 1. The number of hydrogen-bond donors (Lipinski definition) is 2. The van der Waals surface area contributed by atoms with Crippen LogP contribution in [0, 0.1) is 0 Å². The molecule has 0 atom stereocenters. The van der Waals surface area contributed by atoms with Crippen molar-refractivity contribution in [1.82, 2.24) is 0 Å². The third kappa shape index (κ3) is 2.58. The van der Waals surface area contributed by atoms with Gasteiger partial charge < -0.3 is 9.79 Å². The predicted molar refractivity (Wildman–Crippen MR) is 75.5 cm³/mol. The maximum atomic E-state index is 13.8. The Bertz CT molecular complexity index is 752. The molecular weight excluding hydrogens is 377 g/mol. The molecule has 0 fully saturated rings. The Balaban J connectivity index is 2.70. The molecule has 4 nitrogen and oxygen atoms in total. The Morgan fingerprint density at radius 1 is 1.35 bits per heavy atom. The molecule has 9 heteroatoms. The molecule has 0 spiro atoms.